The van der Waals surface area contributed by atoms with E-state index in [0.717, 1.165) is 11.7 Å². The van der Waals surface area contributed by atoms with E-state index in [9.17, 15) is 23.1 Å². The minimum atomic E-state index is -4.14. The second-order valence-electron chi connectivity index (χ2n) is 7.38. The second-order valence-corrected chi connectivity index (χ2v) is 11.2. The summed E-state index contributed by atoms with van der Waals surface area (Å²) in [6, 6.07) is 14.5. The monoisotopic (exact) mass is 642 g/mol. The van der Waals surface area contributed by atoms with Crippen molar-refractivity contribution >= 4 is 84.5 Å². The van der Waals surface area contributed by atoms with Crippen molar-refractivity contribution in [1.29, 1.82) is 0 Å². The van der Waals surface area contributed by atoms with Crippen LogP contribution in [0.25, 0.3) is 11.0 Å². The van der Waals surface area contributed by atoms with Gasteiger partial charge in [-0.1, -0.05) is 29.8 Å². The zero-order valence-corrected chi connectivity index (χ0v) is 22.2. The van der Waals surface area contributed by atoms with Gasteiger partial charge >= 0.3 is 5.97 Å². The number of amides is 1. The van der Waals surface area contributed by atoms with Gasteiger partial charge in [0.25, 0.3) is 15.9 Å². The van der Waals surface area contributed by atoms with Gasteiger partial charge in [-0.2, -0.15) is 8.75 Å². The Morgan fingerprint density at radius 2 is 1.83 bits per heavy atom. The van der Waals surface area contributed by atoms with Crippen molar-refractivity contribution in [3.05, 3.63) is 80.4 Å². The maximum atomic E-state index is 13.2. The number of nitrogens with one attached hydrogen (secondary N) is 2. The smallest absolute Gasteiger partial charge is 0.326 e. The summed E-state index contributed by atoms with van der Waals surface area (Å²) >= 11 is 8.76. The molecule has 35 heavy (non-hydrogen) atoms. The van der Waals surface area contributed by atoms with Gasteiger partial charge in [0.1, 0.15) is 22.0 Å². The number of anilines is 1. The molecular formula is C22H16ClIN4O5S2. The lowest BCUT2D eigenvalue weighted by molar-refractivity contribution is -0.139. The Morgan fingerprint density at radius 3 is 2.54 bits per heavy atom. The zero-order chi connectivity index (χ0) is 25.2. The van der Waals surface area contributed by atoms with Crippen LogP contribution in [-0.4, -0.2) is 40.2 Å². The molecule has 0 radical (unpaired) electrons. The molecule has 0 aliphatic carbocycles. The molecule has 180 valence electrons. The quantitative estimate of drug-likeness (QED) is 0.245. The third kappa shape index (κ3) is 5.89. The summed E-state index contributed by atoms with van der Waals surface area (Å²) in [6.45, 7) is 0. The van der Waals surface area contributed by atoms with Crippen molar-refractivity contribution in [1.82, 2.24) is 14.1 Å². The Balaban J connectivity index is 1.62. The van der Waals surface area contributed by atoms with Crippen LogP contribution in [0.3, 0.4) is 0 Å². The Labute approximate surface area is 223 Å². The summed E-state index contributed by atoms with van der Waals surface area (Å²) in [7, 11) is -4.14. The molecule has 4 rings (SSSR count). The predicted octanol–water partition coefficient (Wildman–Crippen LogP) is 4.18. The number of halogens is 2. The van der Waals surface area contributed by atoms with E-state index in [4.69, 9.17) is 11.6 Å². The zero-order valence-electron chi connectivity index (χ0n) is 17.6. The molecule has 9 nitrogen and oxygen atoms in total. The van der Waals surface area contributed by atoms with Crippen LogP contribution in [0, 0.1) is 3.57 Å². The van der Waals surface area contributed by atoms with Crippen LogP contribution in [-0.2, 0) is 21.2 Å². The third-order valence-corrected chi connectivity index (χ3v) is 7.83. The Hall–Kier alpha value is -2.81. The van der Waals surface area contributed by atoms with Gasteiger partial charge in [-0.05, 0) is 70.6 Å². The fraction of sp³-hybridized carbons (Fsp3) is 0.0909. The lowest BCUT2D eigenvalue weighted by Gasteiger charge is -2.17. The minimum Gasteiger partial charge on any atom is -0.480 e. The van der Waals surface area contributed by atoms with Crippen LogP contribution in [0.1, 0.15) is 15.9 Å². The molecule has 0 saturated carbocycles. The van der Waals surface area contributed by atoms with Gasteiger partial charge in [0.05, 0.1) is 23.0 Å². The van der Waals surface area contributed by atoms with Crippen molar-refractivity contribution < 1.29 is 23.1 Å². The van der Waals surface area contributed by atoms with E-state index in [-0.39, 0.29) is 28.1 Å². The number of hydrogen-bond acceptors (Lipinski definition) is 7. The van der Waals surface area contributed by atoms with Crippen molar-refractivity contribution in [2.45, 2.75) is 17.4 Å². The lowest BCUT2D eigenvalue weighted by Crippen LogP contribution is -2.42. The highest BCUT2D eigenvalue weighted by Gasteiger charge is 2.26. The van der Waals surface area contributed by atoms with Crippen molar-refractivity contribution in [3.8, 4) is 0 Å². The first-order valence-electron chi connectivity index (χ1n) is 9.96. The number of carboxylic acid groups (broad SMARTS) is 1. The van der Waals surface area contributed by atoms with Crippen molar-refractivity contribution in [2.75, 3.05) is 4.72 Å². The van der Waals surface area contributed by atoms with Gasteiger partial charge in [-0.25, -0.2) is 13.2 Å². The highest BCUT2D eigenvalue weighted by atomic mass is 127. The Kier molecular flexibility index (Phi) is 7.54. The summed E-state index contributed by atoms with van der Waals surface area (Å²) in [5.74, 6) is -1.97. The van der Waals surface area contributed by atoms with Gasteiger partial charge < -0.3 is 10.4 Å². The van der Waals surface area contributed by atoms with Crippen LogP contribution in [0.5, 0.6) is 0 Å². The van der Waals surface area contributed by atoms with Crippen molar-refractivity contribution in [3.63, 3.8) is 0 Å². The van der Waals surface area contributed by atoms with E-state index in [1.165, 1.54) is 18.2 Å². The number of nitrogens with zero attached hydrogens (tertiary/aromatic N) is 2. The number of carboxylic acids is 1. The molecule has 1 aromatic heterocycles. The molecule has 3 aromatic carbocycles. The van der Waals surface area contributed by atoms with E-state index < -0.39 is 27.9 Å². The Bertz CT molecular complexity index is 1530. The molecule has 0 aliphatic heterocycles. The van der Waals surface area contributed by atoms with Gasteiger partial charge in [0.2, 0.25) is 0 Å². The summed E-state index contributed by atoms with van der Waals surface area (Å²) in [6.07, 6.45) is 0.0164. The number of rotatable bonds is 8. The number of benzene rings is 3. The van der Waals surface area contributed by atoms with Crippen molar-refractivity contribution in [2.24, 2.45) is 0 Å². The lowest BCUT2D eigenvalue weighted by atomic mass is 10.1. The summed E-state index contributed by atoms with van der Waals surface area (Å²) in [4.78, 5) is 24.8. The molecule has 4 aromatic rings. The molecule has 0 unspecified atom stereocenters. The van der Waals surface area contributed by atoms with Gasteiger partial charge in [-0.3, -0.25) is 9.52 Å². The highest BCUT2D eigenvalue weighted by Crippen LogP contribution is 2.26. The fourth-order valence-electron chi connectivity index (χ4n) is 3.29. The van der Waals surface area contributed by atoms with E-state index in [1.54, 1.807) is 42.5 Å². The number of sulfonamides is 1. The van der Waals surface area contributed by atoms with Crippen LogP contribution in [0.2, 0.25) is 5.02 Å². The van der Waals surface area contributed by atoms with E-state index in [1.807, 2.05) is 22.6 Å². The molecule has 0 aliphatic rings. The first-order chi connectivity index (χ1) is 16.6. The average Bonchev–Trinajstić information content (AvgIpc) is 3.28. The molecular weight excluding hydrogens is 627 g/mol. The maximum Gasteiger partial charge on any atom is 0.326 e. The van der Waals surface area contributed by atoms with E-state index >= 15 is 0 Å². The summed E-state index contributed by atoms with van der Waals surface area (Å²) in [5.41, 5.74) is 1.29. The fourth-order valence-corrected chi connectivity index (χ4v) is 5.74. The average molecular weight is 643 g/mol. The standard InChI is InChI=1S/C22H16ClIN4O5S2/c23-13-6-4-12(5-7-13)10-18(22(30)31)25-21(29)15-9-8-14(24)11-17(15)28-35(32,33)19-3-1-2-16-20(19)27-34-26-16/h1-9,11,18,28H,10H2,(H,25,29)(H,30,31)/t18-/m0/s1. The first-order valence-corrected chi connectivity index (χ1v) is 13.6. The molecule has 0 bridgehead atoms. The van der Waals surface area contributed by atoms with Gasteiger partial charge in [-0.15, -0.1) is 0 Å². The van der Waals surface area contributed by atoms with Gasteiger partial charge in [0, 0.05) is 15.0 Å². The van der Waals surface area contributed by atoms with Crippen LogP contribution in [0.15, 0.2) is 65.6 Å². The second kappa shape index (κ2) is 10.4. The predicted molar refractivity (Wildman–Crippen MR) is 141 cm³/mol. The third-order valence-electron chi connectivity index (χ3n) is 4.97. The first kappa shape index (κ1) is 25.3. The number of carbonyl (C=O) groups excluding carboxylic acids is 1. The van der Waals surface area contributed by atoms with E-state index in [2.05, 4.69) is 18.8 Å². The molecule has 0 spiro atoms. The molecule has 13 heteroatoms. The summed E-state index contributed by atoms with van der Waals surface area (Å²) in [5, 5.41) is 12.6. The number of aromatic nitrogens is 2. The number of aliphatic carboxylic acids is 1. The molecule has 1 heterocycles. The minimum absolute atomic E-state index is 0.00484. The van der Waals surface area contributed by atoms with Gasteiger partial charge in [0.15, 0.2) is 0 Å². The molecule has 1 atom stereocenters. The van der Waals surface area contributed by atoms with Crippen LogP contribution < -0.4 is 10.0 Å². The molecule has 0 saturated heterocycles. The SMILES string of the molecule is O=C(N[C@@H](Cc1ccc(Cl)cc1)C(=O)O)c1ccc(I)cc1NS(=O)(=O)c1cccc2nsnc12. The maximum absolute atomic E-state index is 13.2. The molecule has 1 amide bonds. The number of carbonyl (C=O) groups is 2. The molecule has 3 N–H and O–H groups in total. The van der Waals surface area contributed by atoms with E-state index in [0.29, 0.717) is 19.7 Å². The number of fused-ring (bicyclic) bond motifs is 1. The normalized spacial score (nSPS) is 12.3. The van der Waals surface area contributed by atoms with Crippen LogP contribution >= 0.6 is 45.9 Å². The molecule has 0 fully saturated rings. The topological polar surface area (TPSA) is 138 Å². The Morgan fingerprint density at radius 1 is 1.09 bits per heavy atom. The highest BCUT2D eigenvalue weighted by molar-refractivity contribution is 14.1. The largest absolute Gasteiger partial charge is 0.480 e. The number of hydrogen-bond donors (Lipinski definition) is 3. The summed E-state index contributed by atoms with van der Waals surface area (Å²) < 4.78 is 37.6. The van der Waals surface area contributed by atoms with Crippen LogP contribution in [0.4, 0.5) is 5.69 Å².